The molecule has 10 nitrogen and oxygen atoms in total. The van der Waals surface area contributed by atoms with Crippen LogP contribution in [-0.4, -0.2) is 49.3 Å². The first kappa shape index (κ1) is 28.8. The smallest absolute Gasteiger partial charge is 0.460 e. The van der Waals surface area contributed by atoms with Crippen LogP contribution in [0.3, 0.4) is 0 Å². The van der Waals surface area contributed by atoms with Crippen molar-refractivity contribution in [3.63, 3.8) is 0 Å². The molecule has 204 valence electrons. The summed E-state index contributed by atoms with van der Waals surface area (Å²) in [7, 11) is -5.71. The predicted molar refractivity (Wildman–Crippen MR) is 134 cm³/mol. The highest BCUT2D eigenvalue weighted by molar-refractivity contribution is 7.93. The lowest BCUT2D eigenvalue weighted by molar-refractivity contribution is -0.0429. The summed E-state index contributed by atoms with van der Waals surface area (Å²) in [5.41, 5.74) is -4.52. The van der Waals surface area contributed by atoms with Crippen LogP contribution in [0.25, 0.3) is 0 Å². The highest BCUT2D eigenvalue weighted by atomic mass is 32.2. The van der Waals surface area contributed by atoms with Gasteiger partial charge in [0.2, 0.25) is 5.01 Å². The van der Waals surface area contributed by atoms with Crippen LogP contribution >= 0.6 is 11.3 Å². The molecule has 0 aliphatic carbocycles. The third-order valence-electron chi connectivity index (χ3n) is 5.73. The molecule has 2 heterocycles. The molecule has 0 saturated heterocycles. The van der Waals surface area contributed by atoms with E-state index in [1.807, 2.05) is 20.8 Å². The van der Waals surface area contributed by atoms with Crippen molar-refractivity contribution in [3.8, 4) is 0 Å². The van der Waals surface area contributed by atoms with E-state index in [2.05, 4.69) is 25.3 Å². The second kappa shape index (κ2) is 12.2. The molecule has 37 heavy (non-hydrogen) atoms. The van der Waals surface area contributed by atoms with Gasteiger partial charge in [-0.25, -0.2) is 4.79 Å². The highest BCUT2D eigenvalue weighted by Crippen LogP contribution is 2.41. The van der Waals surface area contributed by atoms with E-state index in [4.69, 9.17) is 4.74 Å². The van der Waals surface area contributed by atoms with E-state index in [0.717, 1.165) is 42.6 Å². The van der Waals surface area contributed by atoms with E-state index in [9.17, 15) is 26.4 Å². The summed E-state index contributed by atoms with van der Waals surface area (Å²) < 4.78 is 70.0. The summed E-state index contributed by atoms with van der Waals surface area (Å²) in [6.45, 7) is 6.92. The number of hydrogen-bond donors (Lipinski definition) is 1. The van der Waals surface area contributed by atoms with Crippen LogP contribution in [0.4, 0.5) is 35.4 Å². The normalized spacial score (nSPS) is 16.2. The number of sulfonamides is 1. The number of esters is 1. The molecule has 0 saturated carbocycles. The second-order valence-corrected chi connectivity index (χ2v) is 11.2. The zero-order valence-electron chi connectivity index (χ0n) is 20.7. The maximum absolute atomic E-state index is 13.2. The number of hydrogen-bond acceptors (Lipinski definition) is 10. The van der Waals surface area contributed by atoms with Gasteiger partial charge in [0, 0.05) is 18.3 Å². The zero-order valence-corrected chi connectivity index (χ0v) is 22.3. The van der Waals surface area contributed by atoms with E-state index in [-0.39, 0.29) is 34.2 Å². The van der Waals surface area contributed by atoms with Crippen LogP contribution in [0.15, 0.2) is 22.4 Å². The molecule has 0 radical (unpaired) electrons. The Balaban J connectivity index is 1.96. The first-order chi connectivity index (χ1) is 17.5. The van der Waals surface area contributed by atoms with Gasteiger partial charge in [0.15, 0.2) is 0 Å². The molecule has 0 spiro atoms. The summed E-state index contributed by atoms with van der Waals surface area (Å²) in [6.07, 6.45) is 4.80. The third kappa shape index (κ3) is 7.15. The Labute approximate surface area is 217 Å². The summed E-state index contributed by atoms with van der Waals surface area (Å²) in [6, 6.07) is 3.03. The molecule has 2 aromatic rings. The number of aryl methyl sites for hydroxylation is 1. The zero-order chi connectivity index (χ0) is 27.2. The van der Waals surface area contributed by atoms with Crippen LogP contribution in [0.5, 0.6) is 0 Å². The Kier molecular flexibility index (Phi) is 9.45. The Morgan fingerprint density at radius 1 is 1.22 bits per heavy atom. The number of nitrogens with zero attached hydrogens (tertiary/aromatic N) is 5. The van der Waals surface area contributed by atoms with Crippen molar-refractivity contribution >= 4 is 49.5 Å². The van der Waals surface area contributed by atoms with E-state index in [1.165, 1.54) is 12.1 Å². The fraction of sp³-hybridized carbons (Fsp3) is 0.591. The molecule has 1 aliphatic rings. The standard InChI is InChI=1S/C22H29F3N6O4S2/c1-4-6-10-31-14(3)8-9-15-12-16(17(13-18(15)31)30-37(33,34)22(23,24)25)26-28-21-29-27-19(36-21)20(32)35-11-7-5-2/h12-14,30H,4-11H2,1-3H3. The Hall–Kier alpha value is -2.81. The van der Waals surface area contributed by atoms with Gasteiger partial charge in [0.05, 0.1) is 12.3 Å². The monoisotopic (exact) mass is 562 g/mol. The Morgan fingerprint density at radius 3 is 2.62 bits per heavy atom. The number of benzene rings is 1. The van der Waals surface area contributed by atoms with Gasteiger partial charge in [0.1, 0.15) is 5.69 Å². The molecule has 0 bridgehead atoms. The second-order valence-electron chi connectivity index (χ2n) is 8.56. The van der Waals surface area contributed by atoms with Gasteiger partial charge in [-0.05, 0) is 50.3 Å². The number of ether oxygens (including phenoxy) is 1. The van der Waals surface area contributed by atoms with Crippen molar-refractivity contribution in [1.29, 1.82) is 0 Å². The minimum absolute atomic E-state index is 0.0389. The van der Waals surface area contributed by atoms with Gasteiger partial charge < -0.3 is 9.64 Å². The molecule has 1 unspecified atom stereocenters. The topological polar surface area (TPSA) is 126 Å². The summed E-state index contributed by atoms with van der Waals surface area (Å²) >= 11 is 0.796. The van der Waals surface area contributed by atoms with E-state index >= 15 is 0 Å². The fourth-order valence-electron chi connectivity index (χ4n) is 3.69. The average Bonchev–Trinajstić information content (AvgIpc) is 3.31. The van der Waals surface area contributed by atoms with Crippen LogP contribution in [0.1, 0.15) is 68.2 Å². The number of fused-ring (bicyclic) bond motifs is 1. The average molecular weight is 563 g/mol. The summed E-state index contributed by atoms with van der Waals surface area (Å²) in [4.78, 5) is 14.1. The number of aromatic nitrogens is 2. The minimum Gasteiger partial charge on any atom is -0.460 e. The van der Waals surface area contributed by atoms with Gasteiger partial charge in [-0.1, -0.05) is 38.0 Å². The molecule has 1 aromatic heterocycles. The molecule has 15 heteroatoms. The molecule has 3 rings (SSSR count). The van der Waals surface area contributed by atoms with Crippen molar-refractivity contribution in [2.45, 2.75) is 70.8 Å². The maximum Gasteiger partial charge on any atom is 0.516 e. The number of nitrogens with one attached hydrogen (secondary N) is 1. The van der Waals surface area contributed by atoms with Crippen molar-refractivity contribution in [2.24, 2.45) is 10.2 Å². The van der Waals surface area contributed by atoms with Crippen LogP contribution in [0, 0.1) is 0 Å². The minimum atomic E-state index is -5.71. The molecular weight excluding hydrogens is 533 g/mol. The first-order valence-electron chi connectivity index (χ1n) is 11.9. The number of carbonyl (C=O) groups excluding carboxylic acids is 1. The van der Waals surface area contributed by atoms with E-state index in [1.54, 1.807) is 4.72 Å². The fourth-order valence-corrected chi connectivity index (χ4v) is 4.82. The number of halogens is 3. The van der Waals surface area contributed by atoms with Crippen molar-refractivity contribution in [2.75, 3.05) is 22.8 Å². The Bertz CT molecular complexity index is 1230. The summed E-state index contributed by atoms with van der Waals surface area (Å²) in [5.74, 6) is -0.666. The highest BCUT2D eigenvalue weighted by Gasteiger charge is 2.46. The van der Waals surface area contributed by atoms with Gasteiger partial charge in [-0.2, -0.15) is 21.6 Å². The lowest BCUT2D eigenvalue weighted by atomic mass is 9.95. The van der Waals surface area contributed by atoms with Gasteiger partial charge in [0.25, 0.3) is 5.13 Å². The van der Waals surface area contributed by atoms with Crippen LogP contribution in [-0.2, 0) is 21.2 Å². The quantitative estimate of drug-likeness (QED) is 0.199. The van der Waals surface area contributed by atoms with E-state index < -0.39 is 21.5 Å². The predicted octanol–water partition coefficient (Wildman–Crippen LogP) is 6.11. The lowest BCUT2D eigenvalue weighted by Gasteiger charge is -2.37. The molecule has 1 aliphatic heterocycles. The van der Waals surface area contributed by atoms with Crippen molar-refractivity contribution in [1.82, 2.24) is 10.2 Å². The van der Waals surface area contributed by atoms with Crippen LogP contribution in [0.2, 0.25) is 0 Å². The molecule has 1 N–H and O–H groups in total. The van der Waals surface area contributed by atoms with Gasteiger partial charge >= 0.3 is 21.5 Å². The summed E-state index contributed by atoms with van der Waals surface area (Å²) in [5, 5.41) is 15.2. The van der Waals surface area contributed by atoms with Gasteiger partial charge in [-0.15, -0.1) is 20.4 Å². The number of alkyl halides is 3. The number of azo groups is 1. The third-order valence-corrected chi connectivity index (χ3v) is 7.62. The number of unbranched alkanes of at least 4 members (excludes halogenated alkanes) is 2. The number of rotatable bonds is 11. The largest absolute Gasteiger partial charge is 0.516 e. The van der Waals surface area contributed by atoms with Crippen molar-refractivity contribution in [3.05, 3.63) is 22.7 Å². The Morgan fingerprint density at radius 2 is 1.95 bits per heavy atom. The molecule has 0 fully saturated rings. The lowest BCUT2D eigenvalue weighted by Crippen LogP contribution is -2.38. The molecule has 1 aromatic carbocycles. The maximum atomic E-state index is 13.2. The van der Waals surface area contributed by atoms with E-state index in [0.29, 0.717) is 25.1 Å². The number of carbonyl (C=O) groups is 1. The molecular formula is C22H29F3N6O4S2. The molecule has 1 atom stereocenters. The SMILES string of the molecule is CCCCOC(=O)c1nnc(N=Nc2cc3c(cc2NS(=O)(=O)C(F)(F)F)N(CCCC)C(C)CC3)s1. The van der Waals surface area contributed by atoms with Crippen LogP contribution < -0.4 is 9.62 Å². The van der Waals surface area contributed by atoms with Gasteiger partial charge in [-0.3, -0.25) is 4.72 Å². The first-order valence-corrected chi connectivity index (χ1v) is 14.2. The van der Waals surface area contributed by atoms with Crippen molar-refractivity contribution < 1.29 is 31.1 Å². The molecule has 0 amide bonds. The number of anilines is 2.